The van der Waals surface area contributed by atoms with Crippen molar-refractivity contribution < 1.29 is 4.79 Å². The van der Waals surface area contributed by atoms with Gasteiger partial charge in [0.1, 0.15) is 5.69 Å². The van der Waals surface area contributed by atoms with Gasteiger partial charge in [0.2, 0.25) is 0 Å². The minimum atomic E-state index is 0.0219. The fourth-order valence-electron chi connectivity index (χ4n) is 2.13. The maximum absolute atomic E-state index is 11.6. The molecule has 0 atom stereocenters. The summed E-state index contributed by atoms with van der Waals surface area (Å²) in [5, 5.41) is 10.6. The summed E-state index contributed by atoms with van der Waals surface area (Å²) >= 11 is 0. The molecule has 0 aliphatic carbocycles. The molecule has 0 radical (unpaired) electrons. The minimum absolute atomic E-state index is 0.0219. The lowest BCUT2D eigenvalue weighted by Crippen LogP contribution is -2.36. The second kappa shape index (κ2) is 2.81. The van der Waals surface area contributed by atoms with Gasteiger partial charge in [-0.1, -0.05) is 0 Å². The van der Waals surface area contributed by atoms with Gasteiger partial charge in [-0.05, 0) is 0 Å². The number of nitrogens with zero attached hydrogens (tertiary/aromatic N) is 2. The van der Waals surface area contributed by atoms with Gasteiger partial charge in [0.05, 0.1) is 12.2 Å². The highest BCUT2D eigenvalue weighted by Crippen LogP contribution is 2.19. The summed E-state index contributed by atoms with van der Waals surface area (Å²) < 4.78 is 1.84. The van der Waals surface area contributed by atoms with Crippen LogP contribution in [0.4, 0.5) is 0 Å². The molecule has 0 unspecified atom stereocenters. The van der Waals surface area contributed by atoms with Crippen molar-refractivity contribution >= 4 is 5.91 Å². The number of rotatable bonds is 0. The van der Waals surface area contributed by atoms with Gasteiger partial charge in [0.15, 0.2) is 0 Å². The standard InChI is InChI=1S/C9H12N4O/c14-9-8-6-5-10-2-1-7(6)12-13(8)4-3-11-9/h10H,1-5H2,(H,11,14). The number of carbonyl (C=O) groups excluding carboxylic acids is 1. The molecule has 0 aromatic carbocycles. The molecule has 0 bridgehead atoms. The molecule has 0 saturated heterocycles. The fourth-order valence-corrected chi connectivity index (χ4v) is 2.13. The molecule has 5 nitrogen and oxygen atoms in total. The first-order chi connectivity index (χ1) is 6.86. The molecule has 1 aromatic heterocycles. The molecule has 0 spiro atoms. The molecule has 5 heteroatoms. The quantitative estimate of drug-likeness (QED) is 0.570. The Balaban J connectivity index is 2.16. The van der Waals surface area contributed by atoms with Crippen LogP contribution in [0.2, 0.25) is 0 Å². The van der Waals surface area contributed by atoms with Gasteiger partial charge in [0.25, 0.3) is 5.91 Å². The van der Waals surface area contributed by atoms with Crippen molar-refractivity contribution in [2.24, 2.45) is 0 Å². The van der Waals surface area contributed by atoms with Gasteiger partial charge >= 0.3 is 0 Å². The summed E-state index contributed by atoms with van der Waals surface area (Å²) in [6.45, 7) is 3.23. The first-order valence-corrected chi connectivity index (χ1v) is 4.94. The maximum atomic E-state index is 11.6. The molecule has 1 aromatic rings. The third-order valence-electron chi connectivity index (χ3n) is 2.80. The van der Waals surface area contributed by atoms with E-state index in [4.69, 9.17) is 0 Å². The van der Waals surface area contributed by atoms with Gasteiger partial charge in [-0.15, -0.1) is 0 Å². The molecule has 14 heavy (non-hydrogen) atoms. The van der Waals surface area contributed by atoms with Crippen LogP contribution in [0.25, 0.3) is 0 Å². The van der Waals surface area contributed by atoms with Crippen LogP contribution < -0.4 is 10.6 Å². The van der Waals surface area contributed by atoms with Crippen molar-refractivity contribution in [1.29, 1.82) is 0 Å². The lowest BCUT2D eigenvalue weighted by atomic mass is 10.1. The van der Waals surface area contributed by atoms with E-state index in [1.54, 1.807) is 0 Å². The third-order valence-corrected chi connectivity index (χ3v) is 2.80. The molecular formula is C9H12N4O. The van der Waals surface area contributed by atoms with E-state index in [1.165, 1.54) is 0 Å². The van der Waals surface area contributed by atoms with Crippen LogP contribution in [0, 0.1) is 0 Å². The summed E-state index contributed by atoms with van der Waals surface area (Å²) in [5.41, 5.74) is 2.95. The highest BCUT2D eigenvalue weighted by molar-refractivity contribution is 5.94. The monoisotopic (exact) mass is 192 g/mol. The SMILES string of the molecule is O=C1NCCn2nc3c(c21)CNCC3. The Hall–Kier alpha value is -1.36. The Kier molecular flexibility index (Phi) is 1.61. The van der Waals surface area contributed by atoms with Crippen molar-refractivity contribution in [2.75, 3.05) is 13.1 Å². The summed E-state index contributed by atoms with van der Waals surface area (Å²) in [6.07, 6.45) is 0.933. The van der Waals surface area contributed by atoms with Crippen LogP contribution in [-0.2, 0) is 19.5 Å². The zero-order valence-electron chi connectivity index (χ0n) is 7.84. The van der Waals surface area contributed by atoms with Crippen LogP contribution in [0.1, 0.15) is 21.7 Å². The van der Waals surface area contributed by atoms with Crippen LogP contribution >= 0.6 is 0 Å². The Labute approximate surface area is 81.5 Å². The highest BCUT2D eigenvalue weighted by Gasteiger charge is 2.26. The lowest BCUT2D eigenvalue weighted by molar-refractivity contribution is 0.0923. The van der Waals surface area contributed by atoms with Gasteiger partial charge in [-0.2, -0.15) is 5.10 Å². The van der Waals surface area contributed by atoms with E-state index in [2.05, 4.69) is 15.7 Å². The van der Waals surface area contributed by atoms with Gasteiger partial charge in [0, 0.05) is 31.6 Å². The molecular weight excluding hydrogens is 180 g/mol. The Bertz CT molecular complexity index is 396. The average molecular weight is 192 g/mol. The van der Waals surface area contributed by atoms with Crippen molar-refractivity contribution in [2.45, 2.75) is 19.5 Å². The maximum Gasteiger partial charge on any atom is 0.269 e. The predicted molar refractivity (Wildman–Crippen MR) is 50.0 cm³/mol. The zero-order valence-corrected chi connectivity index (χ0v) is 7.84. The number of carbonyl (C=O) groups is 1. The fraction of sp³-hybridized carbons (Fsp3) is 0.556. The molecule has 2 aliphatic rings. The first-order valence-electron chi connectivity index (χ1n) is 4.94. The second-order valence-electron chi connectivity index (χ2n) is 3.68. The molecule has 3 rings (SSSR count). The van der Waals surface area contributed by atoms with Crippen LogP contribution in [0.5, 0.6) is 0 Å². The van der Waals surface area contributed by atoms with E-state index in [1.807, 2.05) is 4.68 Å². The number of hydrogen-bond acceptors (Lipinski definition) is 3. The van der Waals surface area contributed by atoms with E-state index in [9.17, 15) is 4.79 Å². The largest absolute Gasteiger partial charge is 0.349 e. The lowest BCUT2D eigenvalue weighted by Gasteiger charge is -2.16. The predicted octanol–water partition coefficient (Wildman–Crippen LogP) is -0.728. The number of amides is 1. The highest BCUT2D eigenvalue weighted by atomic mass is 16.2. The number of hydrogen-bond donors (Lipinski definition) is 2. The summed E-state index contributed by atoms with van der Waals surface area (Å²) in [7, 11) is 0. The Morgan fingerprint density at radius 2 is 2.29 bits per heavy atom. The second-order valence-corrected chi connectivity index (χ2v) is 3.68. The Morgan fingerprint density at radius 1 is 1.36 bits per heavy atom. The smallest absolute Gasteiger partial charge is 0.269 e. The van der Waals surface area contributed by atoms with Crippen molar-refractivity contribution in [3.63, 3.8) is 0 Å². The molecule has 2 aliphatic heterocycles. The summed E-state index contributed by atoms with van der Waals surface area (Å²) in [5.74, 6) is 0.0219. The first kappa shape index (κ1) is 7.99. The summed E-state index contributed by atoms with van der Waals surface area (Å²) in [4.78, 5) is 11.6. The van der Waals surface area contributed by atoms with Gasteiger partial charge in [-0.3, -0.25) is 9.48 Å². The van der Waals surface area contributed by atoms with Gasteiger partial charge < -0.3 is 10.6 Å². The molecule has 3 heterocycles. The van der Waals surface area contributed by atoms with Crippen LogP contribution in [-0.4, -0.2) is 28.8 Å². The molecule has 74 valence electrons. The van der Waals surface area contributed by atoms with Crippen molar-refractivity contribution in [3.8, 4) is 0 Å². The Morgan fingerprint density at radius 3 is 3.21 bits per heavy atom. The minimum Gasteiger partial charge on any atom is -0.349 e. The van der Waals surface area contributed by atoms with E-state index in [0.717, 1.165) is 43.0 Å². The van der Waals surface area contributed by atoms with E-state index in [-0.39, 0.29) is 5.91 Å². The number of fused-ring (bicyclic) bond motifs is 3. The zero-order chi connectivity index (χ0) is 9.54. The molecule has 1 amide bonds. The van der Waals surface area contributed by atoms with Gasteiger partial charge in [-0.25, -0.2) is 0 Å². The topological polar surface area (TPSA) is 59.0 Å². The van der Waals surface area contributed by atoms with E-state index < -0.39 is 0 Å². The molecule has 2 N–H and O–H groups in total. The molecule has 0 saturated carbocycles. The number of aromatic nitrogens is 2. The van der Waals surface area contributed by atoms with Crippen LogP contribution in [0.15, 0.2) is 0 Å². The van der Waals surface area contributed by atoms with E-state index in [0.29, 0.717) is 6.54 Å². The van der Waals surface area contributed by atoms with Crippen molar-refractivity contribution in [3.05, 3.63) is 17.0 Å². The molecule has 0 fully saturated rings. The van der Waals surface area contributed by atoms with Crippen LogP contribution in [0.3, 0.4) is 0 Å². The third kappa shape index (κ3) is 0.988. The van der Waals surface area contributed by atoms with Crippen molar-refractivity contribution in [1.82, 2.24) is 20.4 Å². The number of nitrogens with one attached hydrogen (secondary N) is 2. The summed E-state index contributed by atoms with van der Waals surface area (Å²) in [6, 6.07) is 0. The normalized spacial score (nSPS) is 19.9. The average Bonchev–Trinajstić information content (AvgIpc) is 2.57. The van der Waals surface area contributed by atoms with E-state index >= 15 is 0 Å².